The van der Waals surface area contributed by atoms with Crippen molar-refractivity contribution in [1.82, 2.24) is 10.6 Å². The lowest BCUT2D eigenvalue weighted by atomic mass is 10.1. The Morgan fingerprint density at radius 1 is 1.11 bits per heavy atom. The van der Waals surface area contributed by atoms with Crippen molar-refractivity contribution in [3.63, 3.8) is 0 Å². The largest absolute Gasteiger partial charge is 0.497 e. The van der Waals surface area contributed by atoms with Crippen LogP contribution in [0, 0.1) is 0 Å². The number of hydrogen-bond acceptors (Lipinski definition) is 3. The fourth-order valence-electron chi connectivity index (χ4n) is 2.85. The van der Waals surface area contributed by atoms with Crippen LogP contribution >= 0.6 is 0 Å². The van der Waals surface area contributed by atoms with Crippen LogP contribution in [0.4, 0.5) is 4.79 Å². The van der Waals surface area contributed by atoms with Crippen LogP contribution in [-0.2, 0) is 24.3 Å². The molecule has 0 saturated carbocycles. The lowest BCUT2D eigenvalue weighted by Crippen LogP contribution is -2.41. The summed E-state index contributed by atoms with van der Waals surface area (Å²) in [5, 5.41) is 5.92. The number of benzene rings is 2. The first-order chi connectivity index (χ1) is 13.1. The molecule has 1 atom stereocenters. The number of nitrogens with one attached hydrogen (secondary N) is 2. The van der Waals surface area contributed by atoms with Crippen molar-refractivity contribution in [1.29, 1.82) is 0 Å². The Kier molecular flexibility index (Phi) is 8.65. The van der Waals surface area contributed by atoms with E-state index in [4.69, 9.17) is 9.47 Å². The first-order valence-corrected chi connectivity index (χ1v) is 9.44. The van der Waals surface area contributed by atoms with E-state index in [0.717, 1.165) is 41.9 Å². The van der Waals surface area contributed by atoms with Gasteiger partial charge >= 0.3 is 6.03 Å². The molecule has 0 spiro atoms. The van der Waals surface area contributed by atoms with Crippen molar-refractivity contribution in [2.75, 3.05) is 13.7 Å². The number of methoxy groups -OCH3 is 1. The molecule has 0 aliphatic heterocycles. The van der Waals surface area contributed by atoms with Gasteiger partial charge in [-0.25, -0.2) is 4.79 Å². The molecular weight excluding hydrogens is 340 g/mol. The van der Waals surface area contributed by atoms with Gasteiger partial charge in [-0.05, 0) is 48.6 Å². The number of rotatable bonds is 10. The summed E-state index contributed by atoms with van der Waals surface area (Å²) < 4.78 is 10.9. The van der Waals surface area contributed by atoms with E-state index in [-0.39, 0.29) is 12.1 Å². The number of carbonyl (C=O) groups excluding carboxylic acids is 1. The maximum atomic E-state index is 12.2. The average molecular weight is 370 g/mol. The number of carbonyl (C=O) groups is 1. The molecule has 0 bridgehead atoms. The standard InChI is InChI=1S/C22H30N2O3/c1-4-12-27-16-20-10-6-5-9-19(20)15-23-22(25)24-17(2)13-18-8-7-11-21(14-18)26-3/h5-11,14,17H,4,12-13,15-16H2,1-3H3,(H2,23,24,25). The number of hydrogen-bond donors (Lipinski definition) is 2. The molecule has 27 heavy (non-hydrogen) atoms. The third-order valence-corrected chi connectivity index (χ3v) is 4.22. The minimum atomic E-state index is -0.172. The van der Waals surface area contributed by atoms with Gasteiger partial charge in [0.1, 0.15) is 5.75 Å². The van der Waals surface area contributed by atoms with E-state index < -0.39 is 0 Å². The average Bonchev–Trinajstić information content (AvgIpc) is 2.67. The van der Waals surface area contributed by atoms with Gasteiger partial charge in [0, 0.05) is 19.2 Å². The first-order valence-electron chi connectivity index (χ1n) is 9.44. The van der Waals surface area contributed by atoms with Crippen LogP contribution in [0.1, 0.15) is 37.0 Å². The van der Waals surface area contributed by atoms with E-state index in [1.54, 1.807) is 7.11 Å². The van der Waals surface area contributed by atoms with E-state index in [2.05, 4.69) is 17.6 Å². The highest BCUT2D eigenvalue weighted by molar-refractivity contribution is 5.74. The summed E-state index contributed by atoms with van der Waals surface area (Å²) >= 11 is 0. The normalized spacial score (nSPS) is 11.7. The highest BCUT2D eigenvalue weighted by atomic mass is 16.5. The van der Waals surface area contributed by atoms with Gasteiger partial charge in [0.05, 0.1) is 13.7 Å². The second-order valence-corrected chi connectivity index (χ2v) is 6.61. The molecule has 0 saturated heterocycles. The van der Waals surface area contributed by atoms with E-state index in [0.29, 0.717) is 13.2 Å². The van der Waals surface area contributed by atoms with Crippen LogP contribution < -0.4 is 15.4 Å². The first kappa shape index (κ1) is 20.8. The van der Waals surface area contributed by atoms with Gasteiger partial charge in [-0.1, -0.05) is 43.3 Å². The summed E-state index contributed by atoms with van der Waals surface area (Å²) in [5.41, 5.74) is 3.31. The Morgan fingerprint density at radius 2 is 1.89 bits per heavy atom. The second-order valence-electron chi connectivity index (χ2n) is 6.61. The van der Waals surface area contributed by atoms with Crippen molar-refractivity contribution in [3.8, 4) is 5.75 Å². The van der Waals surface area contributed by atoms with E-state index >= 15 is 0 Å². The Morgan fingerprint density at radius 3 is 2.63 bits per heavy atom. The summed E-state index contributed by atoms with van der Waals surface area (Å²) in [6, 6.07) is 15.8. The predicted molar refractivity (Wildman–Crippen MR) is 108 cm³/mol. The zero-order valence-electron chi connectivity index (χ0n) is 16.5. The molecule has 2 rings (SSSR count). The highest BCUT2D eigenvalue weighted by Crippen LogP contribution is 2.14. The van der Waals surface area contributed by atoms with Gasteiger partial charge in [-0.3, -0.25) is 0 Å². The second kappa shape index (κ2) is 11.2. The fraction of sp³-hybridized carbons (Fsp3) is 0.409. The summed E-state index contributed by atoms with van der Waals surface area (Å²) in [6.45, 7) is 5.86. The molecule has 2 N–H and O–H groups in total. The molecule has 5 heteroatoms. The number of urea groups is 1. The molecular formula is C22H30N2O3. The van der Waals surface area contributed by atoms with Gasteiger partial charge in [0.25, 0.3) is 0 Å². The van der Waals surface area contributed by atoms with Crippen molar-refractivity contribution in [2.24, 2.45) is 0 Å². The zero-order valence-corrected chi connectivity index (χ0v) is 16.5. The number of ether oxygens (including phenoxy) is 2. The monoisotopic (exact) mass is 370 g/mol. The number of amides is 2. The van der Waals surface area contributed by atoms with Gasteiger partial charge in [-0.2, -0.15) is 0 Å². The van der Waals surface area contributed by atoms with Gasteiger partial charge in [0.15, 0.2) is 0 Å². The van der Waals surface area contributed by atoms with Crippen molar-refractivity contribution < 1.29 is 14.3 Å². The smallest absolute Gasteiger partial charge is 0.315 e. The summed E-state index contributed by atoms with van der Waals surface area (Å²) in [4.78, 5) is 12.2. The SMILES string of the molecule is CCCOCc1ccccc1CNC(=O)NC(C)Cc1cccc(OC)c1. The topological polar surface area (TPSA) is 59.6 Å². The van der Waals surface area contributed by atoms with Crippen LogP contribution in [0.5, 0.6) is 5.75 Å². The molecule has 2 amide bonds. The minimum Gasteiger partial charge on any atom is -0.497 e. The van der Waals surface area contributed by atoms with Gasteiger partial charge < -0.3 is 20.1 Å². The van der Waals surface area contributed by atoms with Crippen molar-refractivity contribution >= 4 is 6.03 Å². The minimum absolute atomic E-state index is 0.0141. The molecule has 5 nitrogen and oxygen atoms in total. The van der Waals surface area contributed by atoms with Crippen LogP contribution in [0.15, 0.2) is 48.5 Å². The molecule has 2 aromatic carbocycles. The Hall–Kier alpha value is -2.53. The lowest BCUT2D eigenvalue weighted by molar-refractivity contribution is 0.121. The van der Waals surface area contributed by atoms with Crippen molar-refractivity contribution in [3.05, 3.63) is 65.2 Å². The van der Waals surface area contributed by atoms with E-state index in [1.165, 1.54) is 0 Å². The third kappa shape index (κ3) is 7.31. The Bertz CT molecular complexity index is 718. The summed E-state index contributed by atoms with van der Waals surface area (Å²) in [7, 11) is 1.65. The molecule has 0 fully saturated rings. The van der Waals surface area contributed by atoms with Crippen LogP contribution in [-0.4, -0.2) is 25.8 Å². The Balaban J connectivity index is 1.81. The summed E-state index contributed by atoms with van der Waals surface area (Å²) in [6.07, 6.45) is 1.74. The third-order valence-electron chi connectivity index (χ3n) is 4.22. The lowest BCUT2D eigenvalue weighted by Gasteiger charge is -2.16. The maximum absolute atomic E-state index is 12.2. The van der Waals surface area contributed by atoms with E-state index in [1.807, 2.05) is 55.5 Å². The fourth-order valence-corrected chi connectivity index (χ4v) is 2.85. The van der Waals surface area contributed by atoms with E-state index in [9.17, 15) is 4.79 Å². The predicted octanol–water partition coefficient (Wildman–Crippen LogP) is 4.05. The van der Waals surface area contributed by atoms with Crippen LogP contribution in [0.2, 0.25) is 0 Å². The molecule has 1 unspecified atom stereocenters. The molecule has 0 aliphatic carbocycles. The Labute approximate surface area is 162 Å². The molecule has 2 aromatic rings. The summed E-state index contributed by atoms with van der Waals surface area (Å²) in [5.74, 6) is 0.825. The molecule has 146 valence electrons. The van der Waals surface area contributed by atoms with Crippen LogP contribution in [0.25, 0.3) is 0 Å². The molecule has 0 aromatic heterocycles. The van der Waals surface area contributed by atoms with Crippen LogP contribution in [0.3, 0.4) is 0 Å². The van der Waals surface area contributed by atoms with Crippen molar-refractivity contribution in [2.45, 2.75) is 45.9 Å². The molecule has 0 radical (unpaired) electrons. The maximum Gasteiger partial charge on any atom is 0.315 e. The quantitative estimate of drug-likeness (QED) is 0.620. The van der Waals surface area contributed by atoms with Gasteiger partial charge in [0.2, 0.25) is 0 Å². The zero-order chi connectivity index (χ0) is 19.5. The van der Waals surface area contributed by atoms with Gasteiger partial charge in [-0.15, -0.1) is 0 Å². The molecule has 0 aliphatic rings. The molecule has 0 heterocycles. The highest BCUT2D eigenvalue weighted by Gasteiger charge is 2.09.